The third-order valence-corrected chi connectivity index (χ3v) is 5.29. The summed E-state index contributed by atoms with van der Waals surface area (Å²) in [5, 5.41) is 6.52. The highest BCUT2D eigenvalue weighted by Crippen LogP contribution is 2.33. The Hall–Kier alpha value is -2.53. The van der Waals surface area contributed by atoms with Crippen LogP contribution < -0.4 is 14.8 Å². The molecule has 1 aromatic heterocycles. The predicted molar refractivity (Wildman–Crippen MR) is 99.9 cm³/mol. The molecule has 0 saturated heterocycles. The lowest BCUT2D eigenvalue weighted by atomic mass is 10.1. The zero-order valence-electron chi connectivity index (χ0n) is 14.0. The number of amides is 1. The molecule has 1 N–H and O–H groups in total. The Morgan fingerprint density at radius 1 is 1.16 bits per heavy atom. The summed E-state index contributed by atoms with van der Waals surface area (Å²) in [4.78, 5) is 12.7. The van der Waals surface area contributed by atoms with E-state index in [0.717, 1.165) is 6.42 Å². The van der Waals surface area contributed by atoms with E-state index in [4.69, 9.17) is 9.47 Å². The van der Waals surface area contributed by atoms with Crippen molar-refractivity contribution >= 4 is 27.3 Å². The molecule has 0 radical (unpaired) electrons. The molecule has 0 aliphatic carbocycles. The van der Waals surface area contributed by atoms with Crippen LogP contribution in [0, 0.1) is 0 Å². The third kappa shape index (κ3) is 3.20. The van der Waals surface area contributed by atoms with Crippen LogP contribution in [0.5, 0.6) is 11.5 Å². The maximum absolute atomic E-state index is 12.7. The molecule has 0 saturated carbocycles. The third-order valence-electron chi connectivity index (χ3n) is 4.28. The van der Waals surface area contributed by atoms with Crippen LogP contribution in [0.3, 0.4) is 0 Å². The van der Waals surface area contributed by atoms with Gasteiger partial charge in [0.05, 0.1) is 5.56 Å². The van der Waals surface area contributed by atoms with Crippen molar-refractivity contribution < 1.29 is 14.3 Å². The quantitative estimate of drug-likeness (QED) is 0.770. The first-order chi connectivity index (χ1) is 12.2. The van der Waals surface area contributed by atoms with Gasteiger partial charge >= 0.3 is 0 Å². The number of nitrogens with one attached hydrogen (secondary N) is 1. The molecule has 3 aromatic rings. The van der Waals surface area contributed by atoms with Gasteiger partial charge in [-0.2, -0.15) is 0 Å². The van der Waals surface area contributed by atoms with E-state index in [1.165, 1.54) is 15.6 Å². The normalized spacial score (nSPS) is 14.3. The SMILES string of the molecule is CC(Cc1csc2ccccc12)NC(=O)c1cccc2c1OCCO2. The largest absolute Gasteiger partial charge is 0.486 e. The molecule has 1 unspecified atom stereocenters. The maximum atomic E-state index is 12.7. The number of hydrogen-bond acceptors (Lipinski definition) is 4. The number of thiophene rings is 1. The summed E-state index contributed by atoms with van der Waals surface area (Å²) < 4.78 is 12.5. The van der Waals surface area contributed by atoms with Crippen LogP contribution in [-0.2, 0) is 6.42 Å². The van der Waals surface area contributed by atoms with Crippen LogP contribution in [-0.4, -0.2) is 25.2 Å². The van der Waals surface area contributed by atoms with Gasteiger partial charge in [-0.3, -0.25) is 4.79 Å². The average molecular weight is 353 g/mol. The second kappa shape index (κ2) is 6.76. The molecule has 0 spiro atoms. The van der Waals surface area contributed by atoms with E-state index in [2.05, 4.69) is 35.0 Å². The van der Waals surface area contributed by atoms with Crippen molar-refractivity contribution in [2.75, 3.05) is 13.2 Å². The topological polar surface area (TPSA) is 47.6 Å². The van der Waals surface area contributed by atoms with Crippen LogP contribution in [0.25, 0.3) is 10.1 Å². The Morgan fingerprint density at radius 3 is 2.92 bits per heavy atom. The van der Waals surface area contributed by atoms with Gasteiger partial charge in [-0.15, -0.1) is 11.3 Å². The van der Waals surface area contributed by atoms with Gasteiger partial charge in [-0.05, 0) is 47.9 Å². The van der Waals surface area contributed by atoms with E-state index in [-0.39, 0.29) is 11.9 Å². The van der Waals surface area contributed by atoms with E-state index in [1.807, 2.05) is 19.1 Å². The second-order valence-electron chi connectivity index (χ2n) is 6.17. The summed E-state index contributed by atoms with van der Waals surface area (Å²) in [6.07, 6.45) is 0.794. The molecule has 1 aliphatic heterocycles. The summed E-state index contributed by atoms with van der Waals surface area (Å²) >= 11 is 1.74. The zero-order valence-corrected chi connectivity index (χ0v) is 14.8. The number of fused-ring (bicyclic) bond motifs is 2. The van der Waals surface area contributed by atoms with Crippen molar-refractivity contribution in [3.05, 3.63) is 59.0 Å². The second-order valence-corrected chi connectivity index (χ2v) is 7.08. The highest BCUT2D eigenvalue weighted by molar-refractivity contribution is 7.17. The molecule has 1 atom stereocenters. The Bertz CT molecular complexity index is 918. The van der Waals surface area contributed by atoms with E-state index < -0.39 is 0 Å². The summed E-state index contributed by atoms with van der Waals surface area (Å²) in [7, 11) is 0. The van der Waals surface area contributed by atoms with Crippen LogP contribution in [0.4, 0.5) is 0 Å². The minimum atomic E-state index is -0.130. The Morgan fingerprint density at radius 2 is 2.00 bits per heavy atom. The molecule has 1 amide bonds. The summed E-state index contributed by atoms with van der Waals surface area (Å²) in [6.45, 7) is 3.00. The van der Waals surface area contributed by atoms with E-state index in [1.54, 1.807) is 17.4 Å². The number of benzene rings is 2. The van der Waals surface area contributed by atoms with Gasteiger partial charge in [0, 0.05) is 10.7 Å². The minimum absolute atomic E-state index is 0.0193. The van der Waals surface area contributed by atoms with Crippen molar-refractivity contribution in [3.8, 4) is 11.5 Å². The summed E-state index contributed by atoms with van der Waals surface area (Å²) in [5.74, 6) is 1.05. The number of rotatable bonds is 4. The van der Waals surface area contributed by atoms with Crippen molar-refractivity contribution in [1.29, 1.82) is 0 Å². The highest BCUT2D eigenvalue weighted by atomic mass is 32.1. The average Bonchev–Trinajstić information content (AvgIpc) is 3.04. The van der Waals surface area contributed by atoms with Crippen molar-refractivity contribution in [2.24, 2.45) is 0 Å². The van der Waals surface area contributed by atoms with Crippen molar-refractivity contribution in [1.82, 2.24) is 5.32 Å². The maximum Gasteiger partial charge on any atom is 0.255 e. The predicted octanol–water partition coefficient (Wildman–Crippen LogP) is 4.03. The molecule has 2 aromatic carbocycles. The van der Waals surface area contributed by atoms with E-state index in [9.17, 15) is 4.79 Å². The van der Waals surface area contributed by atoms with Gasteiger partial charge in [-0.1, -0.05) is 24.3 Å². The standard InChI is InChI=1S/C20H19NO3S/c1-13(11-14-12-25-18-8-3-2-5-15(14)18)21-20(22)16-6-4-7-17-19(16)24-10-9-23-17/h2-8,12-13H,9-11H2,1H3,(H,21,22). The molecule has 128 valence electrons. The lowest BCUT2D eigenvalue weighted by Gasteiger charge is -2.21. The van der Waals surface area contributed by atoms with Gasteiger partial charge in [0.1, 0.15) is 13.2 Å². The van der Waals surface area contributed by atoms with Crippen molar-refractivity contribution in [2.45, 2.75) is 19.4 Å². The number of carbonyl (C=O) groups is 1. The fourth-order valence-corrected chi connectivity index (χ4v) is 4.10. The number of hydrogen-bond donors (Lipinski definition) is 1. The van der Waals surface area contributed by atoms with Gasteiger partial charge < -0.3 is 14.8 Å². The molecule has 4 nitrogen and oxygen atoms in total. The fourth-order valence-electron chi connectivity index (χ4n) is 3.13. The first-order valence-corrected chi connectivity index (χ1v) is 9.25. The number of ether oxygens (including phenoxy) is 2. The Kier molecular flexibility index (Phi) is 4.32. The lowest BCUT2D eigenvalue weighted by Crippen LogP contribution is -2.34. The molecule has 5 heteroatoms. The minimum Gasteiger partial charge on any atom is -0.486 e. The fraction of sp³-hybridized carbons (Fsp3) is 0.250. The first kappa shape index (κ1) is 16.0. The molecule has 25 heavy (non-hydrogen) atoms. The Balaban J connectivity index is 1.49. The highest BCUT2D eigenvalue weighted by Gasteiger charge is 2.21. The summed E-state index contributed by atoms with van der Waals surface area (Å²) in [6, 6.07) is 13.8. The van der Waals surface area contributed by atoms with Gasteiger partial charge in [0.15, 0.2) is 11.5 Å². The zero-order chi connectivity index (χ0) is 17.2. The van der Waals surface area contributed by atoms with Crippen LogP contribution in [0.1, 0.15) is 22.8 Å². The molecule has 1 aliphatic rings. The molecule has 0 fully saturated rings. The van der Waals surface area contributed by atoms with Crippen LogP contribution in [0.15, 0.2) is 47.8 Å². The molecule has 2 heterocycles. The smallest absolute Gasteiger partial charge is 0.255 e. The van der Waals surface area contributed by atoms with Gasteiger partial charge in [0.25, 0.3) is 5.91 Å². The number of para-hydroxylation sites is 1. The van der Waals surface area contributed by atoms with Crippen LogP contribution >= 0.6 is 11.3 Å². The lowest BCUT2D eigenvalue weighted by molar-refractivity contribution is 0.0929. The Labute approximate surface area is 150 Å². The first-order valence-electron chi connectivity index (χ1n) is 8.37. The molecular weight excluding hydrogens is 334 g/mol. The van der Waals surface area contributed by atoms with Crippen molar-refractivity contribution in [3.63, 3.8) is 0 Å². The molecule has 4 rings (SSSR count). The van der Waals surface area contributed by atoms with Crippen LogP contribution in [0.2, 0.25) is 0 Å². The number of carbonyl (C=O) groups excluding carboxylic acids is 1. The monoisotopic (exact) mass is 353 g/mol. The molecule has 0 bridgehead atoms. The molecular formula is C20H19NO3S. The van der Waals surface area contributed by atoms with Gasteiger partial charge in [-0.25, -0.2) is 0 Å². The van der Waals surface area contributed by atoms with Gasteiger partial charge in [0.2, 0.25) is 0 Å². The van der Waals surface area contributed by atoms with E-state index in [0.29, 0.717) is 30.3 Å². The van der Waals surface area contributed by atoms with E-state index >= 15 is 0 Å². The summed E-state index contributed by atoms with van der Waals surface area (Å²) in [5.41, 5.74) is 1.79.